The summed E-state index contributed by atoms with van der Waals surface area (Å²) >= 11 is 0. The molecule has 1 aliphatic rings. The number of hydrogen-bond acceptors (Lipinski definition) is 5. The number of fused-ring (bicyclic) bond motifs is 2. The number of aryl methyl sites for hydroxylation is 1. The summed E-state index contributed by atoms with van der Waals surface area (Å²) in [4.78, 5) is 22.7. The van der Waals surface area contributed by atoms with Gasteiger partial charge in [0.2, 0.25) is 0 Å². The number of hydrogen-bond donors (Lipinski definition) is 2. The number of anilines is 1. The highest BCUT2D eigenvalue weighted by molar-refractivity contribution is 5.86. The average molecular weight is 360 g/mol. The Morgan fingerprint density at radius 3 is 2.70 bits per heavy atom. The average Bonchev–Trinajstić information content (AvgIpc) is 3.07. The summed E-state index contributed by atoms with van der Waals surface area (Å²) in [7, 11) is 1.89. The smallest absolute Gasteiger partial charge is 0.259 e. The van der Waals surface area contributed by atoms with Gasteiger partial charge < -0.3 is 15.2 Å². The quantitative estimate of drug-likeness (QED) is 0.571. The first-order chi connectivity index (χ1) is 13.2. The van der Waals surface area contributed by atoms with Gasteiger partial charge in [0.15, 0.2) is 0 Å². The molecule has 136 valence electrons. The summed E-state index contributed by atoms with van der Waals surface area (Å²) in [6.45, 7) is 3.81. The molecule has 1 aliphatic heterocycles. The lowest BCUT2D eigenvalue weighted by molar-refractivity contribution is 0.589. The lowest BCUT2D eigenvalue weighted by Gasteiger charge is -2.29. The molecule has 1 fully saturated rings. The molecular formula is C20H20N6O. The van der Waals surface area contributed by atoms with Gasteiger partial charge >= 0.3 is 0 Å². The molecule has 0 unspecified atom stereocenters. The number of H-pyrrole nitrogens is 1. The fraction of sp³-hybridized carbons (Fsp3) is 0.250. The van der Waals surface area contributed by atoms with Crippen LogP contribution in [0.3, 0.4) is 0 Å². The van der Waals surface area contributed by atoms with E-state index in [1.165, 1.54) is 0 Å². The molecule has 7 nitrogen and oxygen atoms in total. The van der Waals surface area contributed by atoms with Crippen LogP contribution < -0.4 is 15.8 Å². The molecule has 0 atom stereocenters. The van der Waals surface area contributed by atoms with Crippen LogP contribution in [0.4, 0.5) is 5.69 Å². The summed E-state index contributed by atoms with van der Waals surface area (Å²) in [5.41, 5.74) is 3.46. The van der Waals surface area contributed by atoms with Gasteiger partial charge in [0.05, 0.1) is 16.4 Å². The molecule has 0 radical (unpaired) electrons. The van der Waals surface area contributed by atoms with Gasteiger partial charge in [-0.1, -0.05) is 0 Å². The zero-order valence-corrected chi connectivity index (χ0v) is 15.1. The van der Waals surface area contributed by atoms with Crippen molar-refractivity contribution in [3.8, 4) is 11.4 Å². The second kappa shape index (κ2) is 6.21. The maximum atomic E-state index is 12.7. The molecule has 7 heteroatoms. The number of aromatic nitrogens is 4. The molecule has 0 bridgehead atoms. The number of piperazine rings is 1. The Morgan fingerprint density at radius 1 is 1.04 bits per heavy atom. The van der Waals surface area contributed by atoms with Crippen LogP contribution in [0.1, 0.15) is 0 Å². The van der Waals surface area contributed by atoms with Crippen molar-refractivity contribution in [2.45, 2.75) is 0 Å². The van der Waals surface area contributed by atoms with Crippen LogP contribution >= 0.6 is 0 Å². The molecule has 0 spiro atoms. The van der Waals surface area contributed by atoms with Gasteiger partial charge in [-0.05, 0) is 36.4 Å². The maximum absolute atomic E-state index is 12.7. The van der Waals surface area contributed by atoms with Crippen molar-refractivity contribution in [3.63, 3.8) is 0 Å². The highest BCUT2D eigenvalue weighted by Crippen LogP contribution is 2.23. The Hall–Kier alpha value is -3.19. The summed E-state index contributed by atoms with van der Waals surface area (Å²) in [5.74, 6) is 0.577. The highest BCUT2D eigenvalue weighted by atomic mass is 16.1. The van der Waals surface area contributed by atoms with E-state index in [-0.39, 0.29) is 5.56 Å². The van der Waals surface area contributed by atoms with Gasteiger partial charge in [-0.3, -0.25) is 9.48 Å². The minimum atomic E-state index is -0.113. The predicted molar refractivity (Wildman–Crippen MR) is 107 cm³/mol. The van der Waals surface area contributed by atoms with E-state index in [9.17, 15) is 4.79 Å². The minimum absolute atomic E-state index is 0.113. The van der Waals surface area contributed by atoms with Gasteiger partial charge in [0, 0.05) is 56.1 Å². The standard InChI is InChI=1S/C20H20N6O/c1-25-12-14-10-13(2-4-17(14)24-25)19-22-18-5-3-15(11-16(18)20(27)23-19)26-8-6-21-7-9-26/h2-5,10-12,21H,6-9H2,1H3,(H,22,23,27). The van der Waals surface area contributed by atoms with Crippen LogP contribution in [-0.2, 0) is 7.05 Å². The summed E-state index contributed by atoms with van der Waals surface area (Å²) in [5, 5.41) is 9.37. The van der Waals surface area contributed by atoms with E-state index in [0.717, 1.165) is 48.3 Å². The van der Waals surface area contributed by atoms with E-state index < -0.39 is 0 Å². The van der Waals surface area contributed by atoms with E-state index >= 15 is 0 Å². The molecule has 1 saturated heterocycles. The van der Waals surface area contributed by atoms with Crippen molar-refractivity contribution in [1.82, 2.24) is 25.1 Å². The topological polar surface area (TPSA) is 78.8 Å². The molecule has 4 aromatic rings. The van der Waals surface area contributed by atoms with Crippen molar-refractivity contribution >= 4 is 27.5 Å². The molecule has 0 amide bonds. The largest absolute Gasteiger partial charge is 0.369 e. The van der Waals surface area contributed by atoms with Crippen LogP contribution in [0.5, 0.6) is 0 Å². The Balaban J connectivity index is 1.58. The normalized spacial score (nSPS) is 14.9. The fourth-order valence-corrected chi connectivity index (χ4v) is 3.68. The monoisotopic (exact) mass is 360 g/mol. The van der Waals surface area contributed by atoms with Gasteiger partial charge in [-0.15, -0.1) is 0 Å². The number of nitrogens with zero attached hydrogens (tertiary/aromatic N) is 4. The van der Waals surface area contributed by atoms with Crippen LogP contribution in [-0.4, -0.2) is 45.9 Å². The van der Waals surface area contributed by atoms with Gasteiger partial charge in [0.1, 0.15) is 5.82 Å². The van der Waals surface area contributed by atoms with Gasteiger partial charge in [-0.2, -0.15) is 5.10 Å². The van der Waals surface area contributed by atoms with Gasteiger partial charge in [0.25, 0.3) is 5.56 Å². The fourth-order valence-electron chi connectivity index (χ4n) is 3.68. The molecule has 3 heterocycles. The zero-order valence-electron chi connectivity index (χ0n) is 15.1. The van der Waals surface area contributed by atoms with Crippen LogP contribution in [0.15, 0.2) is 47.4 Å². The van der Waals surface area contributed by atoms with E-state index in [1.807, 2.05) is 49.6 Å². The van der Waals surface area contributed by atoms with Crippen molar-refractivity contribution in [3.05, 3.63) is 52.9 Å². The van der Waals surface area contributed by atoms with Crippen LogP contribution in [0.2, 0.25) is 0 Å². The Morgan fingerprint density at radius 2 is 1.85 bits per heavy atom. The van der Waals surface area contributed by atoms with Crippen LogP contribution in [0.25, 0.3) is 33.2 Å². The summed E-state index contributed by atoms with van der Waals surface area (Å²) < 4.78 is 1.78. The summed E-state index contributed by atoms with van der Waals surface area (Å²) in [6.07, 6.45) is 1.96. The van der Waals surface area contributed by atoms with Crippen molar-refractivity contribution < 1.29 is 0 Å². The molecule has 5 rings (SSSR count). The van der Waals surface area contributed by atoms with Gasteiger partial charge in [-0.25, -0.2) is 4.98 Å². The molecule has 0 aliphatic carbocycles. The lowest BCUT2D eigenvalue weighted by Crippen LogP contribution is -2.43. The first-order valence-electron chi connectivity index (χ1n) is 9.11. The second-order valence-electron chi connectivity index (χ2n) is 6.93. The third-order valence-corrected chi connectivity index (χ3v) is 5.06. The SMILES string of the molecule is Cn1cc2cc(-c3nc4ccc(N5CCNCC5)cc4c(=O)[nH]3)ccc2n1. The Kier molecular flexibility index (Phi) is 3.68. The van der Waals surface area contributed by atoms with E-state index in [1.54, 1.807) is 4.68 Å². The first-order valence-corrected chi connectivity index (χ1v) is 9.11. The van der Waals surface area contributed by atoms with Crippen molar-refractivity contribution in [1.29, 1.82) is 0 Å². The molecule has 2 aromatic heterocycles. The Labute approximate surface area is 155 Å². The second-order valence-corrected chi connectivity index (χ2v) is 6.93. The molecular weight excluding hydrogens is 340 g/mol. The Bertz CT molecular complexity index is 1200. The minimum Gasteiger partial charge on any atom is -0.369 e. The third-order valence-electron chi connectivity index (χ3n) is 5.06. The highest BCUT2D eigenvalue weighted by Gasteiger charge is 2.13. The molecule has 0 saturated carbocycles. The predicted octanol–water partition coefficient (Wildman–Crippen LogP) is 1.89. The van der Waals surface area contributed by atoms with E-state index in [4.69, 9.17) is 4.98 Å². The lowest BCUT2D eigenvalue weighted by atomic mass is 10.1. The maximum Gasteiger partial charge on any atom is 0.259 e. The first kappa shape index (κ1) is 16.0. The van der Waals surface area contributed by atoms with Crippen molar-refractivity contribution in [2.24, 2.45) is 7.05 Å². The number of rotatable bonds is 2. The zero-order chi connectivity index (χ0) is 18.4. The van der Waals surface area contributed by atoms with Crippen LogP contribution in [0, 0.1) is 0 Å². The molecule has 2 aromatic carbocycles. The number of nitrogens with one attached hydrogen (secondary N) is 2. The van der Waals surface area contributed by atoms with Crippen molar-refractivity contribution in [2.75, 3.05) is 31.1 Å². The molecule has 2 N–H and O–H groups in total. The van der Waals surface area contributed by atoms with E-state index in [2.05, 4.69) is 20.3 Å². The van der Waals surface area contributed by atoms with E-state index in [0.29, 0.717) is 16.7 Å². The number of benzene rings is 2. The third kappa shape index (κ3) is 2.86. The number of aromatic amines is 1. The summed E-state index contributed by atoms with van der Waals surface area (Å²) in [6, 6.07) is 11.8. The molecule has 27 heavy (non-hydrogen) atoms.